The van der Waals surface area contributed by atoms with Crippen LogP contribution in [0.4, 0.5) is 13.2 Å². The number of ether oxygens (including phenoxy) is 3. The molecule has 2 aromatic rings. The molecule has 0 spiro atoms. The van der Waals surface area contributed by atoms with Crippen molar-refractivity contribution in [2.75, 3.05) is 14.2 Å². The van der Waals surface area contributed by atoms with Crippen LogP contribution in [0.3, 0.4) is 0 Å². The fourth-order valence-electron chi connectivity index (χ4n) is 2.97. The summed E-state index contributed by atoms with van der Waals surface area (Å²) >= 11 is 0. The lowest BCUT2D eigenvalue weighted by molar-refractivity contribution is -0.278. The summed E-state index contributed by atoms with van der Waals surface area (Å²) in [5, 5.41) is 9.70. The maximum Gasteiger partial charge on any atom is 0.432 e. The molecule has 0 aliphatic heterocycles. The van der Waals surface area contributed by atoms with Crippen molar-refractivity contribution in [3.8, 4) is 5.75 Å². The molecule has 162 valence electrons. The highest BCUT2D eigenvalue weighted by molar-refractivity contribution is 5.83. The van der Waals surface area contributed by atoms with E-state index in [1.807, 2.05) is 0 Å². The molecule has 0 aliphatic rings. The van der Waals surface area contributed by atoms with Crippen LogP contribution in [0.5, 0.6) is 5.75 Å². The van der Waals surface area contributed by atoms with Gasteiger partial charge in [-0.1, -0.05) is 42.5 Å². The molecule has 2 rings (SSSR count). The van der Waals surface area contributed by atoms with Crippen molar-refractivity contribution in [3.05, 3.63) is 65.7 Å². The number of rotatable bonds is 8. The molecular weight excluding hydrogens is 405 g/mol. The first-order valence-corrected chi connectivity index (χ1v) is 8.90. The van der Waals surface area contributed by atoms with Gasteiger partial charge < -0.3 is 19.3 Å². The van der Waals surface area contributed by atoms with E-state index in [1.54, 1.807) is 0 Å². The minimum Gasteiger partial charge on any atom is -0.508 e. The van der Waals surface area contributed by atoms with Crippen LogP contribution in [0, 0.1) is 0 Å². The SMILES string of the molecule is COC(=O)CC[C@H](OC(=O)[C@@](OC)(c1ccccc1)C(F)(F)F)c1cccc(O)c1. The van der Waals surface area contributed by atoms with Crippen LogP contribution >= 0.6 is 0 Å². The molecule has 0 unspecified atom stereocenters. The Labute approximate surface area is 171 Å². The van der Waals surface area contributed by atoms with E-state index in [0.717, 1.165) is 26.4 Å². The average molecular weight is 426 g/mol. The van der Waals surface area contributed by atoms with Gasteiger partial charge in [-0.25, -0.2) is 4.79 Å². The molecule has 2 aromatic carbocycles. The van der Waals surface area contributed by atoms with E-state index in [-0.39, 0.29) is 24.2 Å². The molecule has 0 bridgehead atoms. The Balaban J connectivity index is 2.45. The molecule has 9 heteroatoms. The number of hydrogen-bond donors (Lipinski definition) is 1. The van der Waals surface area contributed by atoms with Crippen LogP contribution < -0.4 is 0 Å². The van der Waals surface area contributed by atoms with Gasteiger partial charge in [0, 0.05) is 19.1 Å². The Morgan fingerprint density at radius 3 is 2.23 bits per heavy atom. The summed E-state index contributed by atoms with van der Waals surface area (Å²) in [7, 11) is 1.92. The number of carbonyl (C=O) groups is 2. The fraction of sp³-hybridized carbons (Fsp3) is 0.333. The van der Waals surface area contributed by atoms with Gasteiger partial charge in [0.1, 0.15) is 11.9 Å². The number of phenols is 1. The molecule has 0 fully saturated rings. The monoisotopic (exact) mass is 426 g/mol. The molecule has 2 atom stereocenters. The van der Waals surface area contributed by atoms with Gasteiger partial charge in [-0.05, 0) is 24.1 Å². The number of hydrogen-bond acceptors (Lipinski definition) is 6. The van der Waals surface area contributed by atoms with Crippen molar-refractivity contribution < 1.29 is 42.1 Å². The fourth-order valence-corrected chi connectivity index (χ4v) is 2.97. The zero-order valence-electron chi connectivity index (χ0n) is 16.3. The first-order valence-electron chi connectivity index (χ1n) is 8.90. The number of halogens is 3. The smallest absolute Gasteiger partial charge is 0.432 e. The van der Waals surface area contributed by atoms with E-state index in [0.29, 0.717) is 0 Å². The van der Waals surface area contributed by atoms with Gasteiger partial charge in [0.25, 0.3) is 5.60 Å². The Morgan fingerprint density at radius 2 is 1.70 bits per heavy atom. The van der Waals surface area contributed by atoms with E-state index in [4.69, 9.17) is 9.47 Å². The number of esters is 2. The molecule has 0 radical (unpaired) electrons. The van der Waals surface area contributed by atoms with Gasteiger partial charge in [0.05, 0.1) is 7.11 Å². The number of benzene rings is 2. The average Bonchev–Trinajstić information content (AvgIpc) is 2.71. The third-order valence-corrected chi connectivity index (χ3v) is 4.50. The first-order chi connectivity index (χ1) is 14.2. The molecule has 6 nitrogen and oxygen atoms in total. The van der Waals surface area contributed by atoms with Gasteiger partial charge in [-0.15, -0.1) is 0 Å². The van der Waals surface area contributed by atoms with E-state index < -0.39 is 35.4 Å². The second-order valence-electron chi connectivity index (χ2n) is 6.35. The molecule has 1 N–H and O–H groups in total. The number of aromatic hydroxyl groups is 1. The maximum atomic E-state index is 14.1. The van der Waals surface area contributed by atoms with Crippen molar-refractivity contribution in [1.82, 2.24) is 0 Å². The van der Waals surface area contributed by atoms with Gasteiger partial charge >= 0.3 is 18.1 Å². The summed E-state index contributed by atoms with van der Waals surface area (Å²) in [5.74, 6) is -2.50. The van der Waals surface area contributed by atoms with Crippen LogP contribution in [0.25, 0.3) is 0 Å². The third-order valence-electron chi connectivity index (χ3n) is 4.50. The number of alkyl halides is 3. The van der Waals surface area contributed by atoms with Gasteiger partial charge in [0.2, 0.25) is 0 Å². The van der Waals surface area contributed by atoms with E-state index in [1.165, 1.54) is 42.5 Å². The lowest BCUT2D eigenvalue weighted by atomic mass is 9.92. The van der Waals surface area contributed by atoms with Crippen LogP contribution in [0.1, 0.15) is 30.1 Å². The van der Waals surface area contributed by atoms with Gasteiger partial charge in [-0.3, -0.25) is 4.79 Å². The standard InChI is InChI=1S/C21H21F3O6/c1-28-18(26)12-11-17(14-7-6-10-16(25)13-14)30-19(27)20(29-2,21(22,23)24)15-8-4-3-5-9-15/h3-10,13,17,25H,11-12H2,1-2H3/t17-,20-/m0/s1. The summed E-state index contributed by atoms with van der Waals surface area (Å²) in [6.07, 6.45) is -6.77. The van der Waals surface area contributed by atoms with E-state index in [9.17, 15) is 27.9 Å². The van der Waals surface area contributed by atoms with Gasteiger partial charge in [-0.2, -0.15) is 13.2 Å². The molecule has 0 amide bonds. The van der Waals surface area contributed by atoms with Crippen molar-refractivity contribution in [2.45, 2.75) is 30.7 Å². The Kier molecular flexibility index (Phi) is 7.44. The van der Waals surface area contributed by atoms with Crippen LogP contribution in [-0.4, -0.2) is 37.4 Å². The highest BCUT2D eigenvalue weighted by Crippen LogP contribution is 2.44. The zero-order chi connectivity index (χ0) is 22.4. The predicted molar refractivity (Wildman–Crippen MR) is 99.4 cm³/mol. The van der Waals surface area contributed by atoms with Crippen molar-refractivity contribution in [2.24, 2.45) is 0 Å². The zero-order valence-corrected chi connectivity index (χ0v) is 16.3. The first kappa shape index (κ1) is 23.2. The molecule has 0 saturated carbocycles. The number of phenolic OH excluding ortho intramolecular Hbond substituents is 1. The van der Waals surface area contributed by atoms with E-state index in [2.05, 4.69) is 4.74 Å². The summed E-state index contributed by atoms with van der Waals surface area (Å²) < 4.78 is 56.7. The quantitative estimate of drug-likeness (QED) is 0.642. The third kappa shape index (κ3) is 4.91. The van der Waals surface area contributed by atoms with Crippen molar-refractivity contribution in [3.63, 3.8) is 0 Å². The Morgan fingerprint density at radius 1 is 1.03 bits per heavy atom. The molecular formula is C21H21F3O6. The second kappa shape index (κ2) is 9.62. The maximum absolute atomic E-state index is 14.1. The molecule has 0 aliphatic carbocycles. The van der Waals surface area contributed by atoms with Crippen LogP contribution in [0.15, 0.2) is 54.6 Å². The van der Waals surface area contributed by atoms with Crippen LogP contribution in [0.2, 0.25) is 0 Å². The topological polar surface area (TPSA) is 82.1 Å². The Bertz CT molecular complexity index is 869. The summed E-state index contributed by atoms with van der Waals surface area (Å²) in [6.45, 7) is 0. The molecule has 0 heterocycles. The lowest BCUT2D eigenvalue weighted by Crippen LogP contribution is -2.52. The summed E-state index contributed by atoms with van der Waals surface area (Å²) in [5.41, 5.74) is -3.60. The van der Waals surface area contributed by atoms with Crippen molar-refractivity contribution >= 4 is 11.9 Å². The summed E-state index contributed by atoms with van der Waals surface area (Å²) in [4.78, 5) is 24.4. The number of methoxy groups -OCH3 is 2. The second-order valence-corrected chi connectivity index (χ2v) is 6.35. The van der Waals surface area contributed by atoms with E-state index >= 15 is 0 Å². The minimum absolute atomic E-state index is 0.158. The van der Waals surface area contributed by atoms with Crippen LogP contribution in [-0.2, 0) is 29.4 Å². The lowest BCUT2D eigenvalue weighted by Gasteiger charge is -2.33. The molecule has 30 heavy (non-hydrogen) atoms. The highest BCUT2D eigenvalue weighted by Gasteiger charge is 2.64. The van der Waals surface area contributed by atoms with Gasteiger partial charge in [0.15, 0.2) is 0 Å². The predicted octanol–water partition coefficient (Wildman–Crippen LogP) is 4.03. The number of carbonyl (C=O) groups excluding carboxylic acids is 2. The minimum atomic E-state index is -5.13. The molecule has 0 saturated heterocycles. The summed E-state index contributed by atoms with van der Waals surface area (Å²) in [6, 6.07) is 11.9. The largest absolute Gasteiger partial charge is 0.508 e. The highest BCUT2D eigenvalue weighted by atomic mass is 19.4. The molecule has 0 aromatic heterocycles. The van der Waals surface area contributed by atoms with Crippen molar-refractivity contribution in [1.29, 1.82) is 0 Å². The normalized spacial score (nSPS) is 14.4. The Hall–Kier alpha value is -3.07.